The van der Waals surface area contributed by atoms with E-state index >= 15 is 0 Å². The van der Waals surface area contributed by atoms with E-state index in [4.69, 9.17) is 9.47 Å². The Morgan fingerprint density at radius 2 is 2.10 bits per heavy atom. The number of carbonyl (C=O) groups excluding carboxylic acids is 1. The lowest BCUT2D eigenvalue weighted by Gasteiger charge is -2.28. The molecule has 1 saturated heterocycles. The molecule has 1 fully saturated rings. The number of rotatable bonds is 7. The van der Waals surface area contributed by atoms with E-state index in [0.717, 1.165) is 28.4 Å². The van der Waals surface area contributed by atoms with E-state index in [1.807, 2.05) is 47.4 Å². The van der Waals surface area contributed by atoms with Gasteiger partial charge in [-0.15, -0.1) is 0 Å². The van der Waals surface area contributed by atoms with Crippen molar-refractivity contribution < 1.29 is 19.4 Å². The van der Waals surface area contributed by atoms with Gasteiger partial charge in [-0.05, 0) is 28.5 Å². The number of piperazine rings is 1. The summed E-state index contributed by atoms with van der Waals surface area (Å²) in [6, 6.07) is 15.8. The van der Waals surface area contributed by atoms with Crippen molar-refractivity contribution in [3.05, 3.63) is 54.7 Å². The molecule has 1 aromatic heterocycles. The number of carbonyl (C=O) groups is 1. The van der Waals surface area contributed by atoms with Crippen molar-refractivity contribution in [1.29, 1.82) is 0 Å². The molecule has 0 aliphatic carbocycles. The number of fused-ring (bicyclic) bond motifs is 1. The maximum Gasteiger partial charge on any atom is 0.234 e. The molecule has 7 heteroatoms. The van der Waals surface area contributed by atoms with Crippen LogP contribution in [0.15, 0.2) is 54.7 Å². The Kier molecular flexibility index (Phi) is 6.11. The molecule has 3 aromatic rings. The van der Waals surface area contributed by atoms with Gasteiger partial charge in [0.1, 0.15) is 18.5 Å². The number of hydrogen-bond acceptors (Lipinski definition) is 6. The summed E-state index contributed by atoms with van der Waals surface area (Å²) < 4.78 is 11.4. The van der Waals surface area contributed by atoms with Crippen LogP contribution in [0.25, 0.3) is 21.9 Å². The van der Waals surface area contributed by atoms with Gasteiger partial charge >= 0.3 is 0 Å². The standard InChI is InChI=1S/C23H25N3O4/c1-29-22-12-17(8-9-25-22)23-19-5-3-2-4-16(19)6-7-20(23)30-15-18(27)13-26-11-10-24-21(28)14-26/h2-9,12,18,27H,10-11,13-15H2,1H3,(H,24,28). The molecule has 1 amide bonds. The number of amides is 1. The van der Waals surface area contributed by atoms with Crippen molar-refractivity contribution in [2.24, 2.45) is 0 Å². The second-order valence-corrected chi connectivity index (χ2v) is 7.30. The number of aromatic nitrogens is 1. The Morgan fingerprint density at radius 1 is 1.23 bits per heavy atom. The first-order valence-corrected chi connectivity index (χ1v) is 9.96. The van der Waals surface area contributed by atoms with Crippen LogP contribution in [0, 0.1) is 0 Å². The van der Waals surface area contributed by atoms with Crippen LogP contribution >= 0.6 is 0 Å². The number of aliphatic hydroxyl groups is 1. The van der Waals surface area contributed by atoms with E-state index in [-0.39, 0.29) is 12.5 Å². The molecule has 1 unspecified atom stereocenters. The molecule has 7 nitrogen and oxygen atoms in total. The smallest absolute Gasteiger partial charge is 0.234 e. The topological polar surface area (TPSA) is 83.9 Å². The second-order valence-electron chi connectivity index (χ2n) is 7.30. The number of nitrogens with one attached hydrogen (secondary N) is 1. The lowest BCUT2D eigenvalue weighted by molar-refractivity contribution is -0.124. The zero-order chi connectivity index (χ0) is 20.9. The van der Waals surface area contributed by atoms with Crippen molar-refractivity contribution in [2.75, 3.05) is 39.9 Å². The third-order valence-corrected chi connectivity index (χ3v) is 5.14. The van der Waals surface area contributed by atoms with E-state index in [2.05, 4.69) is 16.4 Å². The van der Waals surface area contributed by atoms with Crippen LogP contribution in [0.1, 0.15) is 0 Å². The minimum Gasteiger partial charge on any atom is -0.490 e. The fourth-order valence-corrected chi connectivity index (χ4v) is 3.73. The van der Waals surface area contributed by atoms with Gasteiger partial charge < -0.3 is 19.9 Å². The Bertz CT molecular complexity index is 1040. The maximum atomic E-state index is 11.5. The van der Waals surface area contributed by atoms with Crippen molar-refractivity contribution >= 4 is 16.7 Å². The molecule has 1 aliphatic heterocycles. The third-order valence-electron chi connectivity index (χ3n) is 5.14. The van der Waals surface area contributed by atoms with Crippen molar-refractivity contribution in [3.63, 3.8) is 0 Å². The predicted molar refractivity (Wildman–Crippen MR) is 115 cm³/mol. The molecular formula is C23H25N3O4. The average Bonchev–Trinajstić information content (AvgIpc) is 2.77. The molecule has 2 aromatic carbocycles. The van der Waals surface area contributed by atoms with Crippen LogP contribution in [-0.2, 0) is 4.79 Å². The maximum absolute atomic E-state index is 11.5. The van der Waals surface area contributed by atoms with E-state index in [1.54, 1.807) is 13.3 Å². The highest BCUT2D eigenvalue weighted by Crippen LogP contribution is 2.38. The zero-order valence-corrected chi connectivity index (χ0v) is 16.9. The zero-order valence-electron chi connectivity index (χ0n) is 16.9. The number of pyridine rings is 1. The predicted octanol–water partition coefficient (Wildman–Crippen LogP) is 2.08. The van der Waals surface area contributed by atoms with Crippen molar-refractivity contribution in [1.82, 2.24) is 15.2 Å². The number of methoxy groups -OCH3 is 1. The first-order chi connectivity index (χ1) is 14.6. The molecule has 156 valence electrons. The summed E-state index contributed by atoms with van der Waals surface area (Å²) >= 11 is 0. The van der Waals surface area contributed by atoms with Gasteiger partial charge in [0.05, 0.1) is 13.7 Å². The van der Waals surface area contributed by atoms with Crippen LogP contribution in [-0.4, -0.2) is 66.9 Å². The second kappa shape index (κ2) is 9.11. The molecule has 2 heterocycles. The monoisotopic (exact) mass is 407 g/mol. The minimum absolute atomic E-state index is 0.0159. The lowest BCUT2D eigenvalue weighted by atomic mass is 9.98. The highest BCUT2D eigenvalue weighted by Gasteiger charge is 2.20. The SMILES string of the molecule is COc1cc(-c2c(OCC(O)CN3CCNC(=O)C3)ccc3ccccc23)ccn1. The molecule has 0 radical (unpaired) electrons. The van der Waals surface area contributed by atoms with Crippen LogP contribution < -0.4 is 14.8 Å². The number of benzene rings is 2. The molecule has 2 N–H and O–H groups in total. The van der Waals surface area contributed by atoms with Gasteiger partial charge in [0.15, 0.2) is 0 Å². The summed E-state index contributed by atoms with van der Waals surface area (Å²) in [5.41, 5.74) is 1.86. The Hall–Kier alpha value is -3.16. The summed E-state index contributed by atoms with van der Waals surface area (Å²) in [5, 5.41) is 15.4. The van der Waals surface area contributed by atoms with Gasteiger partial charge in [-0.2, -0.15) is 0 Å². The molecule has 0 saturated carbocycles. The summed E-state index contributed by atoms with van der Waals surface area (Å²) in [5.74, 6) is 1.19. The minimum atomic E-state index is -0.706. The van der Waals surface area contributed by atoms with Gasteiger partial charge in [0.25, 0.3) is 0 Å². The highest BCUT2D eigenvalue weighted by molar-refractivity contribution is 5.99. The molecule has 4 rings (SSSR count). The fraction of sp³-hybridized carbons (Fsp3) is 0.304. The van der Waals surface area contributed by atoms with Gasteiger partial charge in [-0.1, -0.05) is 30.3 Å². The fourth-order valence-electron chi connectivity index (χ4n) is 3.73. The first-order valence-electron chi connectivity index (χ1n) is 9.96. The summed E-state index contributed by atoms with van der Waals surface area (Å²) in [6.45, 7) is 2.14. The highest BCUT2D eigenvalue weighted by atomic mass is 16.5. The van der Waals surface area contributed by atoms with Crippen LogP contribution in [0.2, 0.25) is 0 Å². The van der Waals surface area contributed by atoms with Gasteiger partial charge in [-0.25, -0.2) is 4.98 Å². The lowest BCUT2D eigenvalue weighted by Crippen LogP contribution is -2.50. The molecule has 0 spiro atoms. The molecule has 0 bridgehead atoms. The number of nitrogens with zero attached hydrogens (tertiary/aromatic N) is 2. The van der Waals surface area contributed by atoms with Crippen LogP contribution in [0.3, 0.4) is 0 Å². The van der Waals surface area contributed by atoms with Crippen molar-refractivity contribution in [3.8, 4) is 22.8 Å². The van der Waals surface area contributed by atoms with Gasteiger partial charge in [0, 0.05) is 37.5 Å². The van der Waals surface area contributed by atoms with E-state index in [9.17, 15) is 9.90 Å². The molecular weight excluding hydrogens is 382 g/mol. The number of aliphatic hydroxyl groups excluding tert-OH is 1. The van der Waals surface area contributed by atoms with E-state index < -0.39 is 6.10 Å². The quantitative estimate of drug-likeness (QED) is 0.624. The molecule has 30 heavy (non-hydrogen) atoms. The number of β-amino-alcohol motifs (C(OH)–C–C–N with tert-alkyl or cyclic N) is 1. The number of hydrogen-bond donors (Lipinski definition) is 2. The van der Waals surface area contributed by atoms with Crippen LogP contribution in [0.5, 0.6) is 11.6 Å². The normalized spacial score (nSPS) is 15.6. The van der Waals surface area contributed by atoms with Gasteiger partial charge in [0.2, 0.25) is 11.8 Å². The number of ether oxygens (including phenoxy) is 2. The van der Waals surface area contributed by atoms with Crippen LogP contribution in [0.4, 0.5) is 0 Å². The summed E-state index contributed by atoms with van der Waals surface area (Å²) in [6.07, 6.45) is 0.998. The van der Waals surface area contributed by atoms with E-state index in [0.29, 0.717) is 31.3 Å². The first kappa shape index (κ1) is 20.1. The van der Waals surface area contributed by atoms with E-state index in [1.165, 1.54) is 0 Å². The summed E-state index contributed by atoms with van der Waals surface area (Å²) in [4.78, 5) is 17.7. The third kappa shape index (κ3) is 4.53. The summed E-state index contributed by atoms with van der Waals surface area (Å²) in [7, 11) is 1.59. The molecule has 1 aliphatic rings. The van der Waals surface area contributed by atoms with Gasteiger partial charge in [-0.3, -0.25) is 9.69 Å². The molecule has 1 atom stereocenters. The van der Waals surface area contributed by atoms with Crippen molar-refractivity contribution in [2.45, 2.75) is 6.10 Å². The average molecular weight is 407 g/mol. The largest absolute Gasteiger partial charge is 0.490 e. The Balaban J connectivity index is 1.58. The Labute approximate surface area is 175 Å². The Morgan fingerprint density at radius 3 is 2.93 bits per heavy atom.